The second kappa shape index (κ2) is 3.96. The Balaban J connectivity index is 2.64. The van der Waals surface area contributed by atoms with E-state index in [1.165, 1.54) is 0 Å². The molecule has 0 atom stereocenters. The smallest absolute Gasteiger partial charge is 0.237 e. The highest BCUT2D eigenvalue weighted by molar-refractivity contribution is 7.91. The average Bonchev–Trinajstić information content (AvgIpc) is 2.13. The number of anilines is 1. The third-order valence-electron chi connectivity index (χ3n) is 2.39. The van der Waals surface area contributed by atoms with Crippen molar-refractivity contribution in [2.24, 2.45) is 0 Å². The molecule has 0 aliphatic carbocycles. The van der Waals surface area contributed by atoms with Gasteiger partial charge in [-0.25, -0.2) is 18.4 Å². The predicted molar refractivity (Wildman–Crippen MR) is 67.5 cm³/mol. The van der Waals surface area contributed by atoms with Crippen LogP contribution in [0.1, 0.15) is 11.3 Å². The molecule has 0 unspecified atom stereocenters. The average molecular weight is 251 g/mol. The summed E-state index contributed by atoms with van der Waals surface area (Å²) in [4.78, 5) is 8.33. The molecule has 0 aliphatic rings. The zero-order chi connectivity index (χ0) is 12.6. The molecule has 0 fully saturated rings. The van der Waals surface area contributed by atoms with E-state index in [1.807, 2.05) is 32.0 Å². The predicted octanol–water partition coefficient (Wildman–Crippen LogP) is 1.62. The standard InChI is InChI=1S/C11H13N3O2S/c1-7-5-4-6-9-10(7)8(2)12-11(13-9)14-17(3,15)16/h4-6H,1-3H3,(H,12,13,14). The number of rotatable bonds is 2. The van der Waals surface area contributed by atoms with Gasteiger partial charge in [-0.15, -0.1) is 0 Å². The van der Waals surface area contributed by atoms with Crippen molar-refractivity contribution in [1.29, 1.82) is 0 Å². The fourth-order valence-electron chi connectivity index (χ4n) is 1.78. The quantitative estimate of drug-likeness (QED) is 0.880. The van der Waals surface area contributed by atoms with Gasteiger partial charge < -0.3 is 0 Å². The maximum absolute atomic E-state index is 11.1. The van der Waals surface area contributed by atoms with E-state index < -0.39 is 10.0 Å². The van der Waals surface area contributed by atoms with Crippen molar-refractivity contribution in [3.05, 3.63) is 29.5 Å². The van der Waals surface area contributed by atoms with E-state index in [2.05, 4.69) is 14.7 Å². The first kappa shape index (κ1) is 11.8. The van der Waals surface area contributed by atoms with Crippen LogP contribution in [0.2, 0.25) is 0 Å². The van der Waals surface area contributed by atoms with Crippen molar-refractivity contribution in [3.63, 3.8) is 0 Å². The molecule has 17 heavy (non-hydrogen) atoms. The highest BCUT2D eigenvalue weighted by Crippen LogP contribution is 2.20. The van der Waals surface area contributed by atoms with E-state index >= 15 is 0 Å². The molecule has 0 amide bonds. The lowest BCUT2D eigenvalue weighted by molar-refractivity contribution is 0.606. The van der Waals surface area contributed by atoms with Crippen LogP contribution in [-0.2, 0) is 10.0 Å². The lowest BCUT2D eigenvalue weighted by Gasteiger charge is -2.08. The Bertz CT molecular complexity index is 680. The summed E-state index contributed by atoms with van der Waals surface area (Å²) in [6, 6.07) is 5.70. The molecule has 1 N–H and O–H groups in total. The van der Waals surface area contributed by atoms with Gasteiger partial charge in [0.05, 0.1) is 17.5 Å². The lowest BCUT2D eigenvalue weighted by Crippen LogP contribution is -2.13. The third kappa shape index (κ3) is 2.52. The molecule has 90 valence electrons. The van der Waals surface area contributed by atoms with Gasteiger partial charge in [0.1, 0.15) is 0 Å². The molecule has 0 bridgehead atoms. The minimum atomic E-state index is -3.35. The fraction of sp³-hybridized carbons (Fsp3) is 0.273. The number of hydrogen-bond acceptors (Lipinski definition) is 4. The van der Waals surface area contributed by atoms with Gasteiger partial charge in [0.15, 0.2) is 0 Å². The number of benzene rings is 1. The Labute approximate surface area is 100.0 Å². The molecule has 2 rings (SSSR count). The van der Waals surface area contributed by atoms with Crippen molar-refractivity contribution in [1.82, 2.24) is 9.97 Å². The normalized spacial score (nSPS) is 11.7. The number of sulfonamides is 1. The number of hydrogen-bond donors (Lipinski definition) is 1. The molecule has 5 nitrogen and oxygen atoms in total. The fourth-order valence-corrected chi connectivity index (χ4v) is 2.20. The lowest BCUT2D eigenvalue weighted by atomic mass is 10.1. The van der Waals surface area contributed by atoms with Gasteiger partial charge in [-0.1, -0.05) is 12.1 Å². The molecule has 1 aromatic heterocycles. The molecule has 0 saturated carbocycles. The number of aromatic nitrogens is 2. The second-order valence-corrected chi connectivity index (χ2v) is 5.72. The summed E-state index contributed by atoms with van der Waals surface area (Å²) in [6.07, 6.45) is 1.08. The van der Waals surface area contributed by atoms with Crippen molar-refractivity contribution in [3.8, 4) is 0 Å². The maximum atomic E-state index is 11.1. The van der Waals surface area contributed by atoms with Crippen LogP contribution >= 0.6 is 0 Å². The topological polar surface area (TPSA) is 72.0 Å². The summed E-state index contributed by atoms with van der Waals surface area (Å²) in [5.41, 5.74) is 2.58. The van der Waals surface area contributed by atoms with Gasteiger partial charge in [0.25, 0.3) is 0 Å². The molecule has 6 heteroatoms. The molecular formula is C11H13N3O2S. The van der Waals surface area contributed by atoms with Gasteiger partial charge in [0, 0.05) is 5.39 Å². The zero-order valence-electron chi connectivity index (χ0n) is 9.85. The van der Waals surface area contributed by atoms with E-state index in [1.54, 1.807) is 0 Å². The molecule has 0 saturated heterocycles. The molecule has 2 aromatic rings. The van der Waals surface area contributed by atoms with E-state index in [9.17, 15) is 8.42 Å². The van der Waals surface area contributed by atoms with Gasteiger partial charge >= 0.3 is 0 Å². The van der Waals surface area contributed by atoms with Crippen LogP contribution in [0.25, 0.3) is 10.9 Å². The molecule has 0 aliphatic heterocycles. The van der Waals surface area contributed by atoms with Crippen molar-refractivity contribution in [2.45, 2.75) is 13.8 Å². The van der Waals surface area contributed by atoms with Crippen molar-refractivity contribution in [2.75, 3.05) is 11.0 Å². The zero-order valence-corrected chi connectivity index (χ0v) is 10.7. The van der Waals surface area contributed by atoms with Gasteiger partial charge in [-0.2, -0.15) is 0 Å². The van der Waals surface area contributed by atoms with Crippen molar-refractivity contribution < 1.29 is 8.42 Å². The molecule has 1 aromatic carbocycles. The number of nitrogens with one attached hydrogen (secondary N) is 1. The largest absolute Gasteiger partial charge is 0.251 e. The number of nitrogens with zero attached hydrogens (tertiary/aromatic N) is 2. The van der Waals surface area contributed by atoms with Crippen molar-refractivity contribution >= 4 is 26.9 Å². The monoisotopic (exact) mass is 251 g/mol. The van der Waals surface area contributed by atoms with E-state index in [-0.39, 0.29) is 5.95 Å². The highest BCUT2D eigenvalue weighted by atomic mass is 32.2. The third-order valence-corrected chi connectivity index (χ3v) is 2.94. The molecule has 0 spiro atoms. The van der Waals surface area contributed by atoms with Crippen LogP contribution in [0.15, 0.2) is 18.2 Å². The first-order valence-electron chi connectivity index (χ1n) is 5.08. The summed E-state index contributed by atoms with van der Waals surface area (Å²) in [7, 11) is -3.35. The van der Waals surface area contributed by atoms with E-state index in [0.29, 0.717) is 0 Å². The summed E-state index contributed by atoms with van der Waals surface area (Å²) in [6.45, 7) is 3.81. The Morgan fingerprint density at radius 3 is 2.53 bits per heavy atom. The SMILES string of the molecule is Cc1cccc2nc(NS(C)(=O)=O)nc(C)c12. The first-order valence-corrected chi connectivity index (χ1v) is 6.98. The van der Waals surface area contributed by atoms with Crippen LogP contribution in [0.5, 0.6) is 0 Å². The van der Waals surface area contributed by atoms with E-state index in [4.69, 9.17) is 0 Å². The molecule has 1 heterocycles. The Hall–Kier alpha value is -1.69. The highest BCUT2D eigenvalue weighted by Gasteiger charge is 2.09. The summed E-state index contributed by atoms with van der Waals surface area (Å²) in [5.74, 6) is 0.114. The van der Waals surface area contributed by atoms with E-state index in [0.717, 1.165) is 28.4 Å². The van der Waals surface area contributed by atoms with Crippen LogP contribution in [-0.4, -0.2) is 24.6 Å². The summed E-state index contributed by atoms with van der Waals surface area (Å²) in [5, 5.41) is 0.964. The van der Waals surface area contributed by atoms with Crippen LogP contribution in [0.4, 0.5) is 5.95 Å². The number of fused-ring (bicyclic) bond motifs is 1. The van der Waals surface area contributed by atoms with Gasteiger partial charge in [-0.3, -0.25) is 4.72 Å². The summed E-state index contributed by atoms with van der Waals surface area (Å²) < 4.78 is 24.5. The van der Waals surface area contributed by atoms with Crippen LogP contribution in [0.3, 0.4) is 0 Å². The maximum Gasteiger partial charge on any atom is 0.237 e. The van der Waals surface area contributed by atoms with Crippen LogP contribution < -0.4 is 4.72 Å². The molecular weight excluding hydrogens is 238 g/mol. The number of aryl methyl sites for hydroxylation is 2. The van der Waals surface area contributed by atoms with Gasteiger partial charge in [-0.05, 0) is 25.5 Å². The van der Waals surface area contributed by atoms with Crippen LogP contribution in [0, 0.1) is 13.8 Å². The minimum Gasteiger partial charge on any atom is -0.251 e. The van der Waals surface area contributed by atoms with Gasteiger partial charge in [0.2, 0.25) is 16.0 Å². The second-order valence-electron chi connectivity index (χ2n) is 3.98. The Morgan fingerprint density at radius 2 is 1.88 bits per heavy atom. The minimum absolute atomic E-state index is 0.114. The summed E-state index contributed by atoms with van der Waals surface area (Å²) >= 11 is 0. The Kier molecular flexibility index (Phi) is 2.74. The Morgan fingerprint density at radius 1 is 1.18 bits per heavy atom. The first-order chi connectivity index (χ1) is 7.87. The molecule has 0 radical (unpaired) electrons.